The van der Waals surface area contributed by atoms with Crippen molar-refractivity contribution in [3.8, 4) is 0 Å². The summed E-state index contributed by atoms with van der Waals surface area (Å²) >= 11 is 7.13. The van der Waals surface area contributed by atoms with Crippen LogP contribution in [0.5, 0.6) is 0 Å². The summed E-state index contributed by atoms with van der Waals surface area (Å²) in [7, 11) is -3.46. The highest BCUT2D eigenvalue weighted by molar-refractivity contribution is 7.92. The second-order valence-corrected chi connectivity index (χ2v) is 13.7. The first-order valence-electron chi connectivity index (χ1n) is 12.5. The van der Waals surface area contributed by atoms with Gasteiger partial charge in [-0.05, 0) is 43.4 Å². The van der Waals surface area contributed by atoms with Crippen molar-refractivity contribution in [3.05, 3.63) is 45.4 Å². The molecular weight excluding hydrogens is 520 g/mol. The van der Waals surface area contributed by atoms with E-state index in [1.807, 2.05) is 0 Å². The number of carbonyl (C=O) groups is 1. The zero-order chi connectivity index (χ0) is 25.3. The largest absolute Gasteiger partial charge is 0.300 e. The van der Waals surface area contributed by atoms with Crippen molar-refractivity contribution in [2.24, 2.45) is 5.92 Å². The van der Waals surface area contributed by atoms with Crippen LogP contribution in [-0.2, 0) is 14.6 Å². The van der Waals surface area contributed by atoms with Crippen molar-refractivity contribution in [3.63, 3.8) is 0 Å². The van der Waals surface area contributed by atoms with Gasteiger partial charge in [0.15, 0.2) is 15.0 Å². The molecule has 5 rings (SSSR count). The van der Waals surface area contributed by atoms with Gasteiger partial charge < -0.3 is 5.32 Å². The molecule has 3 aromatic rings. The Hall–Kier alpha value is -2.30. The van der Waals surface area contributed by atoms with E-state index < -0.39 is 15.9 Å². The molecule has 2 aromatic heterocycles. The van der Waals surface area contributed by atoms with Crippen molar-refractivity contribution in [2.75, 3.05) is 5.32 Å². The zero-order valence-electron chi connectivity index (χ0n) is 19.9. The molecule has 8 nitrogen and oxygen atoms in total. The van der Waals surface area contributed by atoms with Crippen LogP contribution in [-0.4, -0.2) is 34.1 Å². The van der Waals surface area contributed by atoms with E-state index in [2.05, 4.69) is 15.3 Å². The molecule has 0 spiro atoms. The lowest BCUT2D eigenvalue weighted by molar-refractivity contribution is -0.120. The molecule has 2 aliphatic carbocycles. The second kappa shape index (κ2) is 10.6. The Balaban J connectivity index is 1.49. The highest BCUT2D eigenvalue weighted by Crippen LogP contribution is 2.33. The molecule has 2 saturated carbocycles. The first-order valence-corrected chi connectivity index (χ1v) is 15.2. The van der Waals surface area contributed by atoms with Crippen molar-refractivity contribution in [1.29, 1.82) is 0 Å². The standard InChI is InChI=1S/C25H29ClN4O4S2/c26-22-14-27-25(35-22)29-23(31)21(12-16-6-2-1-3-7-16)30-15-28-20-13-18(10-11-19(20)24(30)32)36(33,34)17-8-4-5-9-17/h10-11,13-17,21H,1-9,12H2,(H,27,29,31)/t21-/m0/s1. The Kier molecular flexibility index (Phi) is 7.46. The van der Waals surface area contributed by atoms with Gasteiger partial charge in [0.2, 0.25) is 5.91 Å². The Labute approximate surface area is 219 Å². The summed E-state index contributed by atoms with van der Waals surface area (Å²) in [5, 5.41) is 3.10. The SMILES string of the molecule is O=C(Nc1ncc(Cl)s1)[C@H](CC1CCCCC1)n1cnc2cc(S(=O)(=O)C3CCCC3)ccc2c1=O. The molecule has 0 unspecified atom stereocenters. The normalized spacial score (nSPS) is 18.5. The number of nitrogens with zero attached hydrogens (tertiary/aromatic N) is 3. The topological polar surface area (TPSA) is 111 Å². The van der Waals surface area contributed by atoms with E-state index >= 15 is 0 Å². The summed E-state index contributed by atoms with van der Waals surface area (Å²) in [6.07, 6.45) is 12.0. The molecule has 1 aromatic carbocycles. The quantitative estimate of drug-likeness (QED) is 0.424. The smallest absolute Gasteiger partial charge is 0.261 e. The number of nitrogens with one attached hydrogen (secondary N) is 1. The maximum absolute atomic E-state index is 13.5. The van der Waals surface area contributed by atoms with Gasteiger partial charge in [-0.3, -0.25) is 14.2 Å². The number of thiazole rings is 1. The number of rotatable bonds is 7. The van der Waals surface area contributed by atoms with Gasteiger partial charge in [0.1, 0.15) is 10.4 Å². The number of hydrogen-bond acceptors (Lipinski definition) is 7. The molecule has 36 heavy (non-hydrogen) atoms. The average Bonchev–Trinajstić information content (AvgIpc) is 3.56. The number of sulfone groups is 1. The molecule has 2 aliphatic rings. The summed E-state index contributed by atoms with van der Waals surface area (Å²) in [4.78, 5) is 35.7. The molecule has 1 atom stereocenters. The minimum Gasteiger partial charge on any atom is -0.300 e. The summed E-state index contributed by atoms with van der Waals surface area (Å²) in [6.45, 7) is 0. The Bertz CT molecular complexity index is 1420. The van der Waals surface area contributed by atoms with E-state index in [4.69, 9.17) is 11.6 Å². The van der Waals surface area contributed by atoms with Gasteiger partial charge in [-0.2, -0.15) is 0 Å². The molecule has 0 aliphatic heterocycles. The third-order valence-electron chi connectivity index (χ3n) is 7.45. The monoisotopic (exact) mass is 548 g/mol. The Morgan fingerprint density at radius 3 is 2.53 bits per heavy atom. The van der Waals surface area contributed by atoms with Crippen LogP contribution in [0.2, 0.25) is 4.34 Å². The van der Waals surface area contributed by atoms with Crippen LogP contribution in [0, 0.1) is 5.92 Å². The third kappa shape index (κ3) is 5.21. The van der Waals surface area contributed by atoms with E-state index in [9.17, 15) is 18.0 Å². The van der Waals surface area contributed by atoms with Crippen LogP contribution in [0.15, 0.2) is 40.4 Å². The molecule has 1 N–H and O–H groups in total. The predicted molar refractivity (Wildman–Crippen MR) is 141 cm³/mol. The van der Waals surface area contributed by atoms with E-state index in [-0.39, 0.29) is 21.6 Å². The van der Waals surface area contributed by atoms with E-state index in [0.29, 0.717) is 45.6 Å². The molecule has 2 fully saturated rings. The number of halogens is 1. The van der Waals surface area contributed by atoms with Crippen molar-refractivity contribution >= 4 is 54.7 Å². The Morgan fingerprint density at radius 2 is 1.83 bits per heavy atom. The van der Waals surface area contributed by atoms with Crippen LogP contribution < -0.4 is 10.9 Å². The predicted octanol–water partition coefficient (Wildman–Crippen LogP) is 5.37. The van der Waals surface area contributed by atoms with Crippen molar-refractivity contribution in [1.82, 2.24) is 14.5 Å². The summed E-state index contributed by atoms with van der Waals surface area (Å²) in [5.41, 5.74) is -0.0446. The number of benzene rings is 1. The van der Waals surface area contributed by atoms with E-state index in [1.54, 1.807) is 0 Å². The van der Waals surface area contributed by atoms with E-state index in [1.165, 1.54) is 41.7 Å². The van der Waals surface area contributed by atoms with Crippen LogP contribution in [0.25, 0.3) is 10.9 Å². The van der Waals surface area contributed by atoms with Gasteiger partial charge in [-0.15, -0.1) is 0 Å². The highest BCUT2D eigenvalue weighted by atomic mass is 35.5. The lowest BCUT2D eigenvalue weighted by Crippen LogP contribution is -2.35. The second-order valence-electron chi connectivity index (χ2n) is 9.80. The lowest BCUT2D eigenvalue weighted by atomic mass is 9.84. The van der Waals surface area contributed by atoms with Crippen LogP contribution in [0.1, 0.15) is 70.3 Å². The summed E-state index contributed by atoms with van der Waals surface area (Å²) < 4.78 is 27.9. The fourth-order valence-electron chi connectivity index (χ4n) is 5.49. The molecule has 11 heteroatoms. The minimum atomic E-state index is -3.46. The maximum Gasteiger partial charge on any atom is 0.261 e. The minimum absolute atomic E-state index is 0.198. The van der Waals surface area contributed by atoms with Gasteiger partial charge >= 0.3 is 0 Å². The molecule has 0 bridgehead atoms. The molecule has 0 radical (unpaired) electrons. The summed E-state index contributed by atoms with van der Waals surface area (Å²) in [5.74, 6) is -0.00816. The number of anilines is 1. The molecule has 1 amide bonds. The zero-order valence-corrected chi connectivity index (χ0v) is 22.2. The fourth-order valence-corrected chi connectivity index (χ4v) is 8.18. The molecule has 2 heterocycles. The number of hydrogen-bond donors (Lipinski definition) is 1. The van der Waals surface area contributed by atoms with Crippen LogP contribution in [0.4, 0.5) is 5.13 Å². The van der Waals surface area contributed by atoms with Gasteiger partial charge in [-0.1, -0.05) is 67.9 Å². The number of amides is 1. The number of aromatic nitrogens is 3. The highest BCUT2D eigenvalue weighted by Gasteiger charge is 2.31. The Morgan fingerprint density at radius 1 is 1.11 bits per heavy atom. The first kappa shape index (κ1) is 25.4. The van der Waals surface area contributed by atoms with Gasteiger partial charge in [0.05, 0.1) is 33.6 Å². The fraction of sp³-hybridized carbons (Fsp3) is 0.520. The van der Waals surface area contributed by atoms with Gasteiger partial charge in [0, 0.05) is 0 Å². The maximum atomic E-state index is 13.5. The van der Waals surface area contributed by atoms with E-state index in [0.717, 1.165) is 49.9 Å². The van der Waals surface area contributed by atoms with Crippen molar-refractivity contribution < 1.29 is 13.2 Å². The average molecular weight is 549 g/mol. The summed E-state index contributed by atoms with van der Waals surface area (Å²) in [6, 6.07) is 3.75. The van der Waals surface area contributed by atoms with Gasteiger partial charge in [0.25, 0.3) is 5.56 Å². The first-order chi connectivity index (χ1) is 17.3. The van der Waals surface area contributed by atoms with Crippen LogP contribution in [0.3, 0.4) is 0 Å². The number of carbonyl (C=O) groups excluding carboxylic acids is 1. The van der Waals surface area contributed by atoms with Crippen LogP contribution >= 0.6 is 22.9 Å². The lowest BCUT2D eigenvalue weighted by Gasteiger charge is -2.27. The molecule has 0 saturated heterocycles. The molecule has 192 valence electrons. The number of fused-ring (bicyclic) bond motifs is 1. The molecular formula is C25H29ClN4O4S2. The van der Waals surface area contributed by atoms with Gasteiger partial charge in [-0.25, -0.2) is 18.4 Å². The third-order valence-corrected chi connectivity index (χ3v) is 10.7. The van der Waals surface area contributed by atoms with Crippen molar-refractivity contribution in [2.45, 2.75) is 80.4 Å².